The van der Waals surface area contributed by atoms with Crippen LogP contribution in [0.4, 0.5) is 5.69 Å². The molecule has 2 aromatic carbocycles. The third-order valence-electron chi connectivity index (χ3n) is 5.64. The Bertz CT molecular complexity index is 1220. The lowest BCUT2D eigenvalue weighted by Gasteiger charge is -2.17. The maximum absolute atomic E-state index is 12.9. The van der Waals surface area contributed by atoms with Crippen LogP contribution >= 0.6 is 0 Å². The van der Waals surface area contributed by atoms with E-state index in [0.717, 1.165) is 37.9 Å². The van der Waals surface area contributed by atoms with E-state index in [1.165, 1.54) is 12.1 Å². The number of hydrogen-bond acceptors (Lipinski definition) is 6. The Morgan fingerprint density at radius 1 is 1.16 bits per heavy atom. The summed E-state index contributed by atoms with van der Waals surface area (Å²) in [6.45, 7) is 2.33. The standard InChI is InChI=1S/C23H23N3O5/c1-15(16-7-6-8-18(13-16)26(29)30)31-23(28)17-10-11-19-20(14-17)24-21-9-4-2-3-5-12-25(21)22(19)27/h6-8,10-11,13-15H,2-5,9,12H2,1H3/t15-/m0/s1. The smallest absolute Gasteiger partial charge is 0.338 e. The molecule has 0 unspecified atom stereocenters. The lowest BCUT2D eigenvalue weighted by Crippen LogP contribution is -2.26. The van der Waals surface area contributed by atoms with Crippen molar-refractivity contribution in [3.05, 3.63) is 79.9 Å². The van der Waals surface area contributed by atoms with Crippen molar-refractivity contribution < 1.29 is 14.5 Å². The van der Waals surface area contributed by atoms with Crippen LogP contribution in [0.3, 0.4) is 0 Å². The van der Waals surface area contributed by atoms with Crippen molar-refractivity contribution in [1.29, 1.82) is 0 Å². The lowest BCUT2D eigenvalue weighted by molar-refractivity contribution is -0.385. The average Bonchev–Trinajstić information content (AvgIpc) is 2.74. The molecule has 1 aliphatic heterocycles. The number of rotatable bonds is 4. The zero-order valence-electron chi connectivity index (χ0n) is 17.2. The van der Waals surface area contributed by atoms with Crippen LogP contribution in [-0.4, -0.2) is 20.4 Å². The van der Waals surface area contributed by atoms with Gasteiger partial charge < -0.3 is 4.74 Å². The molecule has 1 atom stereocenters. The number of ether oxygens (including phenoxy) is 1. The molecule has 0 spiro atoms. The summed E-state index contributed by atoms with van der Waals surface area (Å²) in [5, 5.41) is 11.5. The molecule has 4 rings (SSSR count). The van der Waals surface area contributed by atoms with Crippen molar-refractivity contribution in [3.8, 4) is 0 Å². The summed E-state index contributed by atoms with van der Waals surface area (Å²) in [5.74, 6) is 0.183. The van der Waals surface area contributed by atoms with Gasteiger partial charge in [0.1, 0.15) is 11.9 Å². The maximum atomic E-state index is 12.9. The molecule has 1 aliphatic rings. The number of hydrogen-bond donors (Lipinski definition) is 0. The van der Waals surface area contributed by atoms with E-state index in [0.29, 0.717) is 23.0 Å². The minimum atomic E-state index is -0.669. The second kappa shape index (κ2) is 8.67. The zero-order chi connectivity index (χ0) is 22.0. The summed E-state index contributed by atoms with van der Waals surface area (Å²) in [6, 6.07) is 10.8. The highest BCUT2D eigenvalue weighted by Gasteiger charge is 2.18. The summed E-state index contributed by atoms with van der Waals surface area (Å²) in [4.78, 5) is 40.8. The fraction of sp³-hybridized carbons (Fsp3) is 0.348. The fourth-order valence-corrected chi connectivity index (χ4v) is 3.91. The largest absolute Gasteiger partial charge is 0.454 e. The molecule has 0 N–H and O–H groups in total. The number of aromatic nitrogens is 2. The molecular formula is C23H23N3O5. The first kappa shape index (κ1) is 20.7. The highest BCUT2D eigenvalue weighted by molar-refractivity contribution is 5.94. The van der Waals surface area contributed by atoms with Gasteiger partial charge >= 0.3 is 5.97 Å². The van der Waals surface area contributed by atoms with E-state index < -0.39 is 17.0 Å². The topological polar surface area (TPSA) is 104 Å². The first-order valence-corrected chi connectivity index (χ1v) is 10.4. The summed E-state index contributed by atoms with van der Waals surface area (Å²) in [7, 11) is 0. The van der Waals surface area contributed by atoms with E-state index in [1.54, 1.807) is 41.8 Å². The van der Waals surface area contributed by atoms with Gasteiger partial charge in [-0.1, -0.05) is 25.0 Å². The molecule has 1 aromatic heterocycles. The number of aryl methyl sites for hydroxylation is 1. The molecule has 0 saturated heterocycles. The minimum Gasteiger partial charge on any atom is -0.454 e. The van der Waals surface area contributed by atoms with E-state index in [1.807, 2.05) is 0 Å². The summed E-state index contributed by atoms with van der Waals surface area (Å²) < 4.78 is 7.27. The van der Waals surface area contributed by atoms with Gasteiger partial charge in [-0.2, -0.15) is 0 Å². The van der Waals surface area contributed by atoms with Crippen LogP contribution in [0.2, 0.25) is 0 Å². The second-order valence-corrected chi connectivity index (χ2v) is 7.78. The van der Waals surface area contributed by atoms with E-state index in [-0.39, 0.29) is 16.8 Å². The molecule has 2 heterocycles. The quantitative estimate of drug-likeness (QED) is 0.353. The van der Waals surface area contributed by atoms with Gasteiger partial charge in [0.05, 0.1) is 21.4 Å². The van der Waals surface area contributed by atoms with Crippen LogP contribution in [0.5, 0.6) is 0 Å². The Morgan fingerprint density at radius 2 is 1.97 bits per heavy atom. The Balaban J connectivity index is 1.61. The minimum absolute atomic E-state index is 0.0627. The van der Waals surface area contributed by atoms with Crippen LogP contribution < -0.4 is 5.56 Å². The zero-order valence-corrected chi connectivity index (χ0v) is 17.2. The number of esters is 1. The van der Waals surface area contributed by atoms with Crippen molar-refractivity contribution >= 4 is 22.6 Å². The van der Waals surface area contributed by atoms with Gasteiger partial charge in [0.2, 0.25) is 0 Å². The SMILES string of the molecule is C[C@H](OC(=O)c1ccc2c(=O)n3c(nc2c1)CCCCCC3)c1cccc([N+](=O)[O-])c1. The van der Waals surface area contributed by atoms with Crippen LogP contribution in [0.15, 0.2) is 47.3 Å². The summed E-state index contributed by atoms with van der Waals surface area (Å²) in [6.07, 6.45) is 4.25. The van der Waals surface area contributed by atoms with Crippen molar-refractivity contribution in [3.63, 3.8) is 0 Å². The van der Waals surface area contributed by atoms with Gasteiger partial charge in [0, 0.05) is 25.1 Å². The molecule has 31 heavy (non-hydrogen) atoms. The number of carbonyl (C=O) groups is 1. The first-order valence-electron chi connectivity index (χ1n) is 10.4. The Kier molecular flexibility index (Phi) is 5.79. The highest BCUT2D eigenvalue weighted by atomic mass is 16.6. The van der Waals surface area contributed by atoms with Crippen LogP contribution in [-0.2, 0) is 17.7 Å². The summed E-state index contributed by atoms with van der Waals surface area (Å²) in [5.41, 5.74) is 1.15. The Morgan fingerprint density at radius 3 is 2.77 bits per heavy atom. The monoisotopic (exact) mass is 421 g/mol. The number of carbonyl (C=O) groups excluding carboxylic acids is 1. The molecule has 3 aromatic rings. The van der Waals surface area contributed by atoms with Gasteiger partial charge in [0.25, 0.3) is 11.2 Å². The maximum Gasteiger partial charge on any atom is 0.338 e. The van der Waals surface area contributed by atoms with Gasteiger partial charge in [-0.3, -0.25) is 19.5 Å². The second-order valence-electron chi connectivity index (χ2n) is 7.78. The molecule has 8 nitrogen and oxygen atoms in total. The molecule has 0 bridgehead atoms. The van der Waals surface area contributed by atoms with Crippen LogP contribution in [0.1, 0.15) is 60.5 Å². The first-order chi connectivity index (χ1) is 14.9. The van der Waals surface area contributed by atoms with Gasteiger partial charge in [0.15, 0.2) is 0 Å². The molecule has 160 valence electrons. The lowest BCUT2D eigenvalue weighted by atomic mass is 10.1. The van der Waals surface area contributed by atoms with Gasteiger partial charge in [-0.25, -0.2) is 9.78 Å². The third-order valence-corrected chi connectivity index (χ3v) is 5.64. The van der Waals surface area contributed by atoms with Crippen LogP contribution in [0, 0.1) is 10.1 Å². The van der Waals surface area contributed by atoms with Crippen molar-refractivity contribution in [2.45, 2.75) is 51.7 Å². The fourth-order valence-electron chi connectivity index (χ4n) is 3.91. The normalized spacial score (nSPS) is 14.9. The third kappa shape index (κ3) is 4.33. The molecular weight excluding hydrogens is 398 g/mol. The number of fused-ring (bicyclic) bond motifs is 2. The van der Waals surface area contributed by atoms with E-state index in [4.69, 9.17) is 4.74 Å². The van der Waals surface area contributed by atoms with E-state index in [9.17, 15) is 19.7 Å². The highest BCUT2D eigenvalue weighted by Crippen LogP contribution is 2.23. The number of nitro groups is 1. The van der Waals surface area contributed by atoms with Crippen LogP contribution in [0.25, 0.3) is 10.9 Å². The predicted octanol–water partition coefficient (Wildman–Crippen LogP) is 4.34. The van der Waals surface area contributed by atoms with E-state index >= 15 is 0 Å². The molecule has 0 radical (unpaired) electrons. The molecule has 0 aliphatic carbocycles. The average molecular weight is 421 g/mol. The molecule has 0 saturated carbocycles. The van der Waals surface area contributed by atoms with Crippen molar-refractivity contribution in [1.82, 2.24) is 9.55 Å². The number of nitrogens with zero attached hydrogens (tertiary/aromatic N) is 3. The van der Waals surface area contributed by atoms with Gasteiger partial charge in [-0.15, -0.1) is 0 Å². The van der Waals surface area contributed by atoms with Crippen molar-refractivity contribution in [2.24, 2.45) is 0 Å². The van der Waals surface area contributed by atoms with Gasteiger partial charge in [-0.05, 0) is 43.5 Å². The molecule has 0 amide bonds. The Hall–Kier alpha value is -3.55. The molecule has 0 fully saturated rings. The number of non-ortho nitro benzene ring substituents is 1. The predicted molar refractivity (Wildman–Crippen MR) is 115 cm³/mol. The van der Waals surface area contributed by atoms with E-state index in [2.05, 4.69) is 4.98 Å². The van der Waals surface area contributed by atoms with Crippen molar-refractivity contribution in [2.75, 3.05) is 0 Å². The number of nitro benzene ring substituents is 1. The number of benzene rings is 2. The summed E-state index contributed by atoms with van der Waals surface area (Å²) >= 11 is 0. The molecule has 8 heteroatoms. The Labute approximate surface area is 178 Å².